The first kappa shape index (κ1) is 19.6. The smallest absolute Gasteiger partial charge is 0.407 e. The molecule has 0 saturated heterocycles. The van der Waals surface area contributed by atoms with E-state index in [9.17, 15) is 9.59 Å². The van der Waals surface area contributed by atoms with E-state index in [0.29, 0.717) is 5.69 Å². The number of nitrogens with zero attached hydrogens (tertiary/aromatic N) is 3. The van der Waals surface area contributed by atoms with Crippen LogP contribution in [0.15, 0.2) is 54.7 Å². The Labute approximate surface area is 173 Å². The van der Waals surface area contributed by atoms with E-state index in [1.807, 2.05) is 24.3 Å². The van der Waals surface area contributed by atoms with Crippen LogP contribution in [-0.2, 0) is 9.53 Å². The molecule has 0 aliphatic heterocycles. The van der Waals surface area contributed by atoms with E-state index in [4.69, 9.17) is 9.84 Å². The van der Waals surface area contributed by atoms with Crippen molar-refractivity contribution in [2.24, 2.45) is 0 Å². The van der Waals surface area contributed by atoms with Crippen LogP contribution in [0.5, 0.6) is 0 Å². The average Bonchev–Trinajstić information content (AvgIpc) is 3.35. The number of carboxylic acid groups (broad SMARTS) is 1. The predicted molar refractivity (Wildman–Crippen MR) is 109 cm³/mol. The molecule has 0 radical (unpaired) electrons. The number of nitrogens with one attached hydrogen (secondary N) is 1. The number of fused-ring (bicyclic) bond motifs is 3. The molecule has 3 aromatic rings. The summed E-state index contributed by atoms with van der Waals surface area (Å²) in [4.78, 5) is 23.4. The number of aliphatic carboxylic acids is 1. The molecule has 154 valence electrons. The van der Waals surface area contributed by atoms with Crippen molar-refractivity contribution in [3.8, 4) is 11.1 Å². The van der Waals surface area contributed by atoms with E-state index < -0.39 is 24.1 Å². The van der Waals surface area contributed by atoms with Gasteiger partial charge >= 0.3 is 12.1 Å². The van der Waals surface area contributed by atoms with Crippen molar-refractivity contribution in [1.29, 1.82) is 0 Å². The number of hydrogen-bond acceptors (Lipinski definition) is 5. The minimum absolute atomic E-state index is 0.0178. The summed E-state index contributed by atoms with van der Waals surface area (Å²) in [5, 5.41) is 19.6. The summed E-state index contributed by atoms with van der Waals surface area (Å²) in [6.45, 7) is 3.46. The van der Waals surface area contributed by atoms with Gasteiger partial charge in [0.25, 0.3) is 0 Å². The van der Waals surface area contributed by atoms with Gasteiger partial charge in [-0.3, -0.25) is 0 Å². The van der Waals surface area contributed by atoms with Crippen LogP contribution in [0.3, 0.4) is 0 Å². The van der Waals surface area contributed by atoms with Crippen molar-refractivity contribution >= 4 is 12.1 Å². The topological polar surface area (TPSA) is 106 Å². The fourth-order valence-electron chi connectivity index (χ4n) is 3.68. The first-order valence-corrected chi connectivity index (χ1v) is 9.71. The summed E-state index contributed by atoms with van der Waals surface area (Å²) in [6, 6.07) is 15.0. The number of benzene rings is 2. The number of carbonyl (C=O) groups excluding carboxylic acids is 1. The van der Waals surface area contributed by atoms with Crippen LogP contribution < -0.4 is 5.32 Å². The molecular formula is C22H22N4O4. The van der Waals surface area contributed by atoms with E-state index in [0.717, 1.165) is 11.1 Å². The largest absolute Gasteiger partial charge is 0.480 e. The van der Waals surface area contributed by atoms with E-state index >= 15 is 0 Å². The summed E-state index contributed by atoms with van der Waals surface area (Å²) < 4.78 is 6.77. The summed E-state index contributed by atoms with van der Waals surface area (Å²) >= 11 is 0. The first-order valence-electron chi connectivity index (χ1n) is 9.71. The minimum Gasteiger partial charge on any atom is -0.480 e. The summed E-state index contributed by atoms with van der Waals surface area (Å²) in [5.41, 5.74) is 5.08. The lowest BCUT2D eigenvalue weighted by Gasteiger charge is -2.16. The van der Waals surface area contributed by atoms with Gasteiger partial charge < -0.3 is 15.2 Å². The van der Waals surface area contributed by atoms with Gasteiger partial charge in [-0.25, -0.2) is 14.3 Å². The molecule has 30 heavy (non-hydrogen) atoms. The predicted octanol–water partition coefficient (Wildman–Crippen LogP) is 3.52. The molecule has 8 heteroatoms. The molecule has 1 amide bonds. The fraction of sp³-hybridized carbons (Fsp3) is 0.273. The van der Waals surface area contributed by atoms with Crippen molar-refractivity contribution < 1.29 is 19.4 Å². The lowest BCUT2D eigenvalue weighted by molar-refractivity contribution is -0.140. The lowest BCUT2D eigenvalue weighted by atomic mass is 9.98. The Kier molecular flexibility index (Phi) is 5.22. The number of ether oxygens (including phenoxy) is 1. The zero-order valence-corrected chi connectivity index (χ0v) is 16.6. The van der Waals surface area contributed by atoms with Crippen LogP contribution in [0.2, 0.25) is 0 Å². The van der Waals surface area contributed by atoms with Crippen LogP contribution >= 0.6 is 0 Å². The van der Waals surface area contributed by atoms with E-state index in [1.54, 1.807) is 6.92 Å². The number of amides is 1. The molecule has 2 atom stereocenters. The zero-order valence-electron chi connectivity index (χ0n) is 16.6. The number of aromatic nitrogens is 3. The summed E-state index contributed by atoms with van der Waals surface area (Å²) in [7, 11) is 0. The van der Waals surface area contributed by atoms with E-state index in [1.165, 1.54) is 28.9 Å². The molecule has 0 unspecified atom stereocenters. The molecular weight excluding hydrogens is 384 g/mol. The number of hydrogen-bond donors (Lipinski definition) is 2. The van der Waals surface area contributed by atoms with Crippen LogP contribution in [0.1, 0.15) is 48.7 Å². The molecule has 1 aliphatic rings. The second-order valence-electron chi connectivity index (χ2n) is 7.33. The molecule has 1 heterocycles. The Morgan fingerprint density at radius 1 is 1.10 bits per heavy atom. The standard InChI is InChI=1S/C22H22N4O4/c1-13(20-11-26(25-24-20)14(2)21(27)28)23-22(29)30-12-19-17-9-5-3-7-15(17)16-8-4-6-10-18(16)19/h3-11,13-14,19H,12H2,1-2H3,(H,23,29)(H,27,28)/t13-,14-/m0/s1. The van der Waals surface area contributed by atoms with Crippen molar-refractivity contribution in [2.75, 3.05) is 6.61 Å². The molecule has 0 fully saturated rings. The molecule has 2 N–H and O–H groups in total. The van der Waals surface area contributed by atoms with Gasteiger partial charge in [0.1, 0.15) is 18.3 Å². The molecule has 1 aromatic heterocycles. The maximum atomic E-state index is 12.4. The van der Waals surface area contributed by atoms with Crippen LogP contribution in [0, 0.1) is 0 Å². The van der Waals surface area contributed by atoms with Crippen LogP contribution in [-0.4, -0.2) is 38.8 Å². The normalized spacial score (nSPS) is 14.5. The lowest BCUT2D eigenvalue weighted by Crippen LogP contribution is -2.29. The Morgan fingerprint density at radius 2 is 1.70 bits per heavy atom. The Balaban J connectivity index is 1.40. The molecule has 8 nitrogen and oxygen atoms in total. The van der Waals surface area contributed by atoms with E-state index in [-0.39, 0.29) is 12.5 Å². The summed E-state index contributed by atoms with van der Waals surface area (Å²) in [6.07, 6.45) is 0.943. The van der Waals surface area contributed by atoms with Crippen LogP contribution in [0.25, 0.3) is 11.1 Å². The highest BCUT2D eigenvalue weighted by atomic mass is 16.5. The third-order valence-electron chi connectivity index (χ3n) is 5.40. The summed E-state index contributed by atoms with van der Waals surface area (Å²) in [5.74, 6) is -1.03. The number of rotatable bonds is 6. The Hall–Kier alpha value is -3.68. The number of alkyl carbamates (subject to hydrolysis) is 1. The third kappa shape index (κ3) is 3.63. The minimum atomic E-state index is -1.01. The monoisotopic (exact) mass is 406 g/mol. The van der Waals surface area contributed by atoms with Gasteiger partial charge in [-0.15, -0.1) is 5.10 Å². The van der Waals surface area contributed by atoms with Crippen molar-refractivity contribution in [3.05, 3.63) is 71.5 Å². The van der Waals surface area contributed by atoms with E-state index in [2.05, 4.69) is 39.9 Å². The number of carboxylic acids is 1. The van der Waals surface area contributed by atoms with Gasteiger partial charge in [0, 0.05) is 5.92 Å². The highest BCUT2D eigenvalue weighted by Crippen LogP contribution is 2.44. The molecule has 0 bridgehead atoms. The quantitative estimate of drug-likeness (QED) is 0.649. The van der Waals surface area contributed by atoms with Gasteiger partial charge in [0.2, 0.25) is 0 Å². The molecule has 4 rings (SSSR count). The molecule has 2 aromatic carbocycles. The molecule has 0 saturated carbocycles. The fourth-order valence-corrected chi connectivity index (χ4v) is 3.68. The van der Waals surface area contributed by atoms with Crippen LogP contribution in [0.4, 0.5) is 4.79 Å². The van der Waals surface area contributed by atoms with Gasteiger partial charge in [0.15, 0.2) is 0 Å². The van der Waals surface area contributed by atoms with Gasteiger partial charge in [-0.05, 0) is 36.1 Å². The highest BCUT2D eigenvalue weighted by Gasteiger charge is 2.29. The number of carbonyl (C=O) groups is 2. The van der Waals surface area contributed by atoms with Gasteiger partial charge in [-0.2, -0.15) is 0 Å². The SMILES string of the molecule is C[C@H](NC(=O)OCC1c2ccccc2-c2ccccc21)c1cn([C@@H](C)C(=O)O)nn1. The third-order valence-corrected chi connectivity index (χ3v) is 5.40. The average molecular weight is 406 g/mol. The molecule has 1 aliphatic carbocycles. The highest BCUT2D eigenvalue weighted by molar-refractivity contribution is 5.79. The van der Waals surface area contributed by atoms with Crippen molar-refractivity contribution in [2.45, 2.75) is 31.8 Å². The van der Waals surface area contributed by atoms with Gasteiger partial charge in [0.05, 0.1) is 12.2 Å². The molecule has 0 spiro atoms. The second kappa shape index (κ2) is 7.98. The zero-order chi connectivity index (χ0) is 21.3. The van der Waals surface area contributed by atoms with Crippen molar-refractivity contribution in [3.63, 3.8) is 0 Å². The maximum Gasteiger partial charge on any atom is 0.407 e. The van der Waals surface area contributed by atoms with Crippen molar-refractivity contribution in [1.82, 2.24) is 20.3 Å². The maximum absolute atomic E-state index is 12.4. The Bertz CT molecular complexity index is 1050. The first-order chi connectivity index (χ1) is 14.5. The van der Waals surface area contributed by atoms with Gasteiger partial charge in [-0.1, -0.05) is 53.7 Å². The second-order valence-corrected chi connectivity index (χ2v) is 7.33. The Morgan fingerprint density at radius 3 is 2.30 bits per heavy atom.